The van der Waals surface area contributed by atoms with E-state index in [1.807, 2.05) is 0 Å². The fourth-order valence-corrected chi connectivity index (χ4v) is 3.04. The van der Waals surface area contributed by atoms with Crippen LogP contribution in [0.3, 0.4) is 0 Å². The third-order valence-electron chi connectivity index (χ3n) is 4.25. The third-order valence-corrected chi connectivity index (χ3v) is 4.25. The van der Waals surface area contributed by atoms with Crippen molar-refractivity contribution in [3.63, 3.8) is 0 Å². The molecule has 1 aromatic carbocycles. The molecule has 2 heteroatoms. The van der Waals surface area contributed by atoms with E-state index < -0.39 is 0 Å². The Bertz CT molecular complexity index is 420. The maximum Gasteiger partial charge on any atom is 0.127 e. The average molecular weight is 289 g/mol. The Morgan fingerprint density at radius 2 is 1.86 bits per heavy atom. The Hall–Kier alpha value is -1.02. The van der Waals surface area contributed by atoms with Gasteiger partial charge in [0.2, 0.25) is 0 Å². The predicted octanol–water partition coefficient (Wildman–Crippen LogP) is 4.84. The van der Waals surface area contributed by atoms with E-state index >= 15 is 0 Å². The minimum Gasteiger partial charge on any atom is -0.490 e. The first-order chi connectivity index (χ1) is 10.2. The summed E-state index contributed by atoms with van der Waals surface area (Å²) < 4.78 is 6.41. The summed E-state index contributed by atoms with van der Waals surface area (Å²) in [5.74, 6) is 1.81. The molecule has 0 aromatic heterocycles. The first-order valence-corrected chi connectivity index (χ1v) is 8.62. The molecule has 0 spiro atoms. The van der Waals surface area contributed by atoms with Crippen molar-refractivity contribution in [1.82, 2.24) is 5.32 Å². The van der Waals surface area contributed by atoms with Crippen LogP contribution in [0.5, 0.6) is 5.75 Å². The molecule has 118 valence electrons. The number of rotatable bonds is 6. The number of para-hydroxylation sites is 1. The molecule has 0 heterocycles. The number of hydrogen-bond donors (Lipinski definition) is 1. The van der Waals surface area contributed by atoms with Gasteiger partial charge in [0.25, 0.3) is 0 Å². The van der Waals surface area contributed by atoms with Crippen LogP contribution in [-0.4, -0.2) is 12.6 Å². The Kier molecular flexibility index (Phi) is 6.56. The second kappa shape index (κ2) is 8.43. The van der Waals surface area contributed by atoms with Crippen molar-refractivity contribution in [2.45, 2.75) is 71.9 Å². The number of hydrogen-bond acceptors (Lipinski definition) is 2. The van der Waals surface area contributed by atoms with E-state index in [1.165, 1.54) is 49.7 Å². The molecule has 0 aliphatic heterocycles. The van der Waals surface area contributed by atoms with Gasteiger partial charge in [-0.25, -0.2) is 0 Å². The topological polar surface area (TPSA) is 21.3 Å². The van der Waals surface area contributed by atoms with Gasteiger partial charge in [-0.15, -0.1) is 0 Å². The summed E-state index contributed by atoms with van der Waals surface area (Å²) in [6, 6.07) is 6.51. The summed E-state index contributed by atoms with van der Waals surface area (Å²) in [6.07, 6.45) is 8.22. The van der Waals surface area contributed by atoms with Crippen LogP contribution in [0.1, 0.15) is 63.5 Å². The highest BCUT2D eigenvalue weighted by Gasteiger charge is 2.16. The van der Waals surface area contributed by atoms with Crippen LogP contribution >= 0.6 is 0 Å². The van der Waals surface area contributed by atoms with Crippen molar-refractivity contribution in [1.29, 1.82) is 0 Å². The van der Waals surface area contributed by atoms with E-state index in [0.29, 0.717) is 12.0 Å². The second-order valence-electron chi connectivity index (χ2n) is 6.82. The Balaban J connectivity index is 2.02. The lowest BCUT2D eigenvalue weighted by atomic mass is 10.1. The molecule has 1 fully saturated rings. The van der Waals surface area contributed by atoms with Crippen molar-refractivity contribution in [2.75, 3.05) is 6.54 Å². The molecule has 1 aromatic rings. The van der Waals surface area contributed by atoms with Gasteiger partial charge in [0.1, 0.15) is 5.75 Å². The maximum absolute atomic E-state index is 6.41. The quantitative estimate of drug-likeness (QED) is 0.756. The Labute approximate surface area is 130 Å². The van der Waals surface area contributed by atoms with Crippen LogP contribution < -0.4 is 10.1 Å². The highest BCUT2D eigenvalue weighted by molar-refractivity contribution is 5.40. The van der Waals surface area contributed by atoms with Gasteiger partial charge in [-0.1, -0.05) is 44.9 Å². The summed E-state index contributed by atoms with van der Waals surface area (Å²) in [6.45, 7) is 8.61. The molecule has 1 N–H and O–H groups in total. The zero-order chi connectivity index (χ0) is 15.1. The van der Waals surface area contributed by atoms with E-state index in [-0.39, 0.29) is 0 Å². The van der Waals surface area contributed by atoms with E-state index in [1.54, 1.807) is 0 Å². The second-order valence-corrected chi connectivity index (χ2v) is 6.82. The van der Waals surface area contributed by atoms with E-state index in [0.717, 1.165) is 18.8 Å². The molecule has 1 saturated carbocycles. The summed E-state index contributed by atoms with van der Waals surface area (Å²) in [5.41, 5.74) is 2.57. The summed E-state index contributed by atoms with van der Waals surface area (Å²) in [5, 5.41) is 3.54. The first kappa shape index (κ1) is 16.4. The monoisotopic (exact) mass is 289 g/mol. The van der Waals surface area contributed by atoms with Gasteiger partial charge in [-0.3, -0.25) is 0 Å². The molecule has 0 atom stereocenters. The molecule has 1 aliphatic carbocycles. The van der Waals surface area contributed by atoms with Gasteiger partial charge in [-0.2, -0.15) is 0 Å². The van der Waals surface area contributed by atoms with Crippen molar-refractivity contribution in [3.8, 4) is 5.75 Å². The lowest BCUT2D eigenvalue weighted by Crippen LogP contribution is -2.21. The van der Waals surface area contributed by atoms with Crippen LogP contribution in [0.15, 0.2) is 18.2 Å². The van der Waals surface area contributed by atoms with Crippen LogP contribution in [0.2, 0.25) is 0 Å². The zero-order valence-corrected chi connectivity index (χ0v) is 14.0. The molecule has 0 bridgehead atoms. The summed E-state index contributed by atoms with van der Waals surface area (Å²) in [4.78, 5) is 0. The van der Waals surface area contributed by atoms with Gasteiger partial charge in [0.05, 0.1) is 6.10 Å². The molecule has 0 unspecified atom stereocenters. The van der Waals surface area contributed by atoms with Crippen molar-refractivity contribution < 1.29 is 4.74 Å². The van der Waals surface area contributed by atoms with E-state index in [4.69, 9.17) is 4.74 Å². The minimum atomic E-state index is 0.414. The fraction of sp³-hybridized carbons (Fsp3) is 0.684. The largest absolute Gasteiger partial charge is 0.490 e. The maximum atomic E-state index is 6.41. The summed E-state index contributed by atoms with van der Waals surface area (Å²) in [7, 11) is 0. The molecular formula is C19H31NO. The fourth-order valence-electron chi connectivity index (χ4n) is 3.04. The molecule has 2 rings (SSSR count). The molecule has 0 saturated heterocycles. The van der Waals surface area contributed by atoms with E-state index in [2.05, 4.69) is 44.3 Å². The van der Waals surface area contributed by atoms with E-state index in [9.17, 15) is 0 Å². The van der Waals surface area contributed by atoms with Gasteiger partial charge >= 0.3 is 0 Å². The molecule has 21 heavy (non-hydrogen) atoms. The number of nitrogens with one attached hydrogen (secondary N) is 1. The third kappa shape index (κ3) is 5.35. The van der Waals surface area contributed by atoms with Crippen LogP contribution in [-0.2, 0) is 6.54 Å². The van der Waals surface area contributed by atoms with Crippen LogP contribution in [0.4, 0.5) is 0 Å². The zero-order valence-electron chi connectivity index (χ0n) is 14.0. The molecular weight excluding hydrogens is 258 g/mol. The SMILES string of the molecule is Cc1cccc(CNCC(C)C)c1OC1CCCCCC1. The van der Waals surface area contributed by atoms with Crippen LogP contribution in [0.25, 0.3) is 0 Å². The Morgan fingerprint density at radius 3 is 2.52 bits per heavy atom. The lowest BCUT2D eigenvalue weighted by Gasteiger charge is -2.21. The predicted molar refractivity (Wildman–Crippen MR) is 89.8 cm³/mol. The standard InChI is InChI=1S/C19H31NO/c1-15(2)13-20-14-17-10-8-9-16(3)19(17)21-18-11-6-4-5-7-12-18/h8-10,15,18,20H,4-7,11-14H2,1-3H3. The van der Waals surface area contributed by atoms with Crippen molar-refractivity contribution in [2.24, 2.45) is 5.92 Å². The molecule has 0 radical (unpaired) electrons. The average Bonchev–Trinajstić information content (AvgIpc) is 2.70. The lowest BCUT2D eigenvalue weighted by molar-refractivity contribution is 0.180. The highest BCUT2D eigenvalue weighted by atomic mass is 16.5. The number of ether oxygens (including phenoxy) is 1. The van der Waals surface area contributed by atoms with Crippen molar-refractivity contribution >= 4 is 0 Å². The van der Waals surface area contributed by atoms with Gasteiger partial charge in [0, 0.05) is 12.1 Å². The molecule has 2 nitrogen and oxygen atoms in total. The normalized spacial score (nSPS) is 17.0. The smallest absolute Gasteiger partial charge is 0.127 e. The molecule has 0 amide bonds. The van der Waals surface area contributed by atoms with Gasteiger partial charge in [0.15, 0.2) is 0 Å². The Morgan fingerprint density at radius 1 is 1.14 bits per heavy atom. The first-order valence-electron chi connectivity index (χ1n) is 8.62. The summed E-state index contributed by atoms with van der Waals surface area (Å²) >= 11 is 0. The van der Waals surface area contributed by atoms with Gasteiger partial charge < -0.3 is 10.1 Å². The number of aryl methyl sites for hydroxylation is 1. The van der Waals surface area contributed by atoms with Gasteiger partial charge in [-0.05, 0) is 50.6 Å². The van der Waals surface area contributed by atoms with Crippen molar-refractivity contribution in [3.05, 3.63) is 29.3 Å². The highest BCUT2D eigenvalue weighted by Crippen LogP contribution is 2.28. The van der Waals surface area contributed by atoms with Crippen LogP contribution in [0, 0.1) is 12.8 Å². The number of benzene rings is 1. The molecule has 1 aliphatic rings. The minimum absolute atomic E-state index is 0.414.